The maximum atomic E-state index is 14.0. The molecular formula is C14H8F2O4. The van der Waals surface area contributed by atoms with Gasteiger partial charge < -0.3 is 14.3 Å². The number of phenols is 1. The standard InChI is InChI=1S/C14H8F2O4/c1-19-6-2-3-7-8(4-6)14(18)20-13-11(7)9(15)5-10(17)12(13)16/h2-5,17H,1H3. The van der Waals surface area contributed by atoms with Gasteiger partial charge in [0.2, 0.25) is 5.82 Å². The van der Waals surface area contributed by atoms with Crippen LogP contribution < -0.4 is 10.4 Å². The lowest BCUT2D eigenvalue weighted by Crippen LogP contribution is -2.02. The van der Waals surface area contributed by atoms with Crippen molar-refractivity contribution in [3.63, 3.8) is 0 Å². The molecule has 20 heavy (non-hydrogen) atoms. The molecule has 102 valence electrons. The van der Waals surface area contributed by atoms with Crippen molar-refractivity contribution >= 4 is 21.7 Å². The SMILES string of the molecule is COc1ccc2c(c1)c(=O)oc1c(F)c(O)cc(F)c12. The van der Waals surface area contributed by atoms with Gasteiger partial charge in [0, 0.05) is 11.5 Å². The fraction of sp³-hybridized carbons (Fsp3) is 0.0714. The van der Waals surface area contributed by atoms with Gasteiger partial charge in [0.1, 0.15) is 11.6 Å². The Labute approximate surface area is 110 Å². The minimum atomic E-state index is -1.17. The van der Waals surface area contributed by atoms with Gasteiger partial charge in [-0.15, -0.1) is 0 Å². The van der Waals surface area contributed by atoms with Crippen LogP contribution in [0.5, 0.6) is 11.5 Å². The van der Waals surface area contributed by atoms with Crippen molar-refractivity contribution in [2.45, 2.75) is 0 Å². The van der Waals surface area contributed by atoms with Crippen LogP contribution in [0.25, 0.3) is 21.7 Å². The van der Waals surface area contributed by atoms with Crippen molar-refractivity contribution in [2.24, 2.45) is 0 Å². The van der Waals surface area contributed by atoms with Gasteiger partial charge in [-0.25, -0.2) is 9.18 Å². The number of benzene rings is 2. The first-order valence-corrected chi connectivity index (χ1v) is 5.64. The van der Waals surface area contributed by atoms with Crippen LogP contribution in [-0.2, 0) is 0 Å². The van der Waals surface area contributed by atoms with E-state index in [9.17, 15) is 18.7 Å². The van der Waals surface area contributed by atoms with E-state index in [1.165, 1.54) is 25.3 Å². The second-order valence-electron chi connectivity index (χ2n) is 4.20. The van der Waals surface area contributed by atoms with Crippen LogP contribution in [0, 0.1) is 11.6 Å². The van der Waals surface area contributed by atoms with Crippen LogP contribution in [0.15, 0.2) is 33.5 Å². The molecule has 0 bridgehead atoms. The number of hydrogen-bond donors (Lipinski definition) is 1. The number of aromatic hydroxyl groups is 1. The Morgan fingerprint density at radius 1 is 1.20 bits per heavy atom. The summed E-state index contributed by atoms with van der Waals surface area (Å²) in [4.78, 5) is 11.8. The summed E-state index contributed by atoms with van der Waals surface area (Å²) < 4.78 is 37.5. The van der Waals surface area contributed by atoms with Crippen LogP contribution in [-0.4, -0.2) is 12.2 Å². The molecule has 0 aliphatic carbocycles. The molecule has 0 saturated heterocycles. The highest BCUT2D eigenvalue weighted by atomic mass is 19.1. The predicted molar refractivity (Wildman–Crippen MR) is 68.1 cm³/mol. The molecule has 0 fully saturated rings. The second kappa shape index (κ2) is 4.19. The van der Waals surface area contributed by atoms with Crippen molar-refractivity contribution in [3.05, 3.63) is 46.3 Å². The summed E-state index contributed by atoms with van der Waals surface area (Å²) in [6.07, 6.45) is 0. The van der Waals surface area contributed by atoms with Gasteiger partial charge in [0.25, 0.3) is 0 Å². The Morgan fingerprint density at radius 2 is 1.95 bits per heavy atom. The van der Waals surface area contributed by atoms with E-state index in [-0.39, 0.29) is 16.2 Å². The van der Waals surface area contributed by atoms with E-state index in [4.69, 9.17) is 9.15 Å². The molecule has 0 atom stereocenters. The van der Waals surface area contributed by atoms with Crippen molar-refractivity contribution in [1.29, 1.82) is 0 Å². The minimum absolute atomic E-state index is 0.0702. The number of phenolic OH excluding ortho intramolecular Hbond substituents is 1. The van der Waals surface area contributed by atoms with Crippen LogP contribution >= 0.6 is 0 Å². The number of fused-ring (bicyclic) bond motifs is 3. The summed E-state index contributed by atoms with van der Waals surface area (Å²) in [6, 6.07) is 4.98. The Hall–Kier alpha value is -2.63. The van der Waals surface area contributed by atoms with Crippen LogP contribution in [0.3, 0.4) is 0 Å². The summed E-state index contributed by atoms with van der Waals surface area (Å²) in [5.74, 6) is -2.57. The largest absolute Gasteiger partial charge is 0.505 e. The predicted octanol–water partition coefficient (Wildman–Crippen LogP) is 2.94. The smallest absolute Gasteiger partial charge is 0.344 e. The lowest BCUT2D eigenvalue weighted by atomic mass is 10.1. The summed E-state index contributed by atoms with van der Waals surface area (Å²) >= 11 is 0. The molecule has 3 rings (SSSR count). The molecule has 1 heterocycles. The molecule has 0 spiro atoms. The average molecular weight is 278 g/mol. The highest BCUT2D eigenvalue weighted by Crippen LogP contribution is 2.33. The quantitative estimate of drug-likeness (QED) is 0.549. The molecule has 1 aromatic heterocycles. The zero-order valence-corrected chi connectivity index (χ0v) is 10.2. The topological polar surface area (TPSA) is 59.7 Å². The summed E-state index contributed by atoms with van der Waals surface area (Å²) in [6.45, 7) is 0. The molecule has 0 radical (unpaired) electrons. The van der Waals surface area contributed by atoms with E-state index in [2.05, 4.69) is 0 Å². The van der Waals surface area contributed by atoms with E-state index in [1.54, 1.807) is 0 Å². The number of ether oxygens (including phenoxy) is 1. The van der Waals surface area contributed by atoms with Crippen molar-refractivity contribution < 1.29 is 23.0 Å². The van der Waals surface area contributed by atoms with Gasteiger partial charge in [0.15, 0.2) is 11.3 Å². The van der Waals surface area contributed by atoms with Gasteiger partial charge in [0.05, 0.1) is 17.9 Å². The fourth-order valence-electron chi connectivity index (χ4n) is 2.12. The lowest BCUT2D eigenvalue weighted by Gasteiger charge is -2.07. The molecular weight excluding hydrogens is 270 g/mol. The Balaban J connectivity index is 2.60. The first kappa shape index (κ1) is 12.4. The molecule has 1 N–H and O–H groups in total. The van der Waals surface area contributed by atoms with E-state index >= 15 is 0 Å². The van der Waals surface area contributed by atoms with Crippen molar-refractivity contribution in [1.82, 2.24) is 0 Å². The van der Waals surface area contributed by atoms with Crippen molar-refractivity contribution in [3.8, 4) is 11.5 Å². The summed E-state index contributed by atoms with van der Waals surface area (Å²) in [7, 11) is 1.42. The van der Waals surface area contributed by atoms with Gasteiger partial charge in [-0.2, -0.15) is 4.39 Å². The zero-order chi connectivity index (χ0) is 14.4. The van der Waals surface area contributed by atoms with Crippen LogP contribution in [0.4, 0.5) is 8.78 Å². The number of hydrogen-bond acceptors (Lipinski definition) is 4. The first-order chi connectivity index (χ1) is 9.52. The fourth-order valence-corrected chi connectivity index (χ4v) is 2.12. The third kappa shape index (κ3) is 1.61. The van der Waals surface area contributed by atoms with E-state index < -0.39 is 28.6 Å². The molecule has 3 aromatic rings. The highest BCUT2D eigenvalue weighted by Gasteiger charge is 2.18. The monoisotopic (exact) mass is 278 g/mol. The Morgan fingerprint density at radius 3 is 2.65 bits per heavy atom. The third-order valence-corrected chi connectivity index (χ3v) is 3.06. The van der Waals surface area contributed by atoms with E-state index in [1.807, 2.05) is 0 Å². The van der Waals surface area contributed by atoms with Crippen LogP contribution in [0.2, 0.25) is 0 Å². The van der Waals surface area contributed by atoms with Crippen LogP contribution in [0.1, 0.15) is 0 Å². The number of methoxy groups -OCH3 is 1. The first-order valence-electron chi connectivity index (χ1n) is 5.64. The van der Waals surface area contributed by atoms with Gasteiger partial charge in [-0.1, -0.05) is 0 Å². The lowest BCUT2D eigenvalue weighted by molar-refractivity contribution is 0.414. The molecule has 0 saturated carbocycles. The minimum Gasteiger partial charge on any atom is -0.505 e. The number of rotatable bonds is 1. The molecule has 2 aromatic carbocycles. The van der Waals surface area contributed by atoms with Crippen molar-refractivity contribution in [2.75, 3.05) is 7.11 Å². The molecule has 0 amide bonds. The maximum absolute atomic E-state index is 14.0. The van der Waals surface area contributed by atoms with Gasteiger partial charge >= 0.3 is 5.63 Å². The van der Waals surface area contributed by atoms with E-state index in [0.29, 0.717) is 11.8 Å². The maximum Gasteiger partial charge on any atom is 0.344 e. The Kier molecular flexibility index (Phi) is 2.60. The van der Waals surface area contributed by atoms with E-state index in [0.717, 1.165) is 0 Å². The summed E-state index contributed by atoms with van der Waals surface area (Å²) in [5.41, 5.74) is -1.44. The zero-order valence-electron chi connectivity index (χ0n) is 10.2. The third-order valence-electron chi connectivity index (χ3n) is 3.06. The van der Waals surface area contributed by atoms with Gasteiger partial charge in [-0.3, -0.25) is 0 Å². The molecule has 0 unspecified atom stereocenters. The highest BCUT2D eigenvalue weighted by molar-refractivity contribution is 6.05. The molecule has 4 nitrogen and oxygen atoms in total. The average Bonchev–Trinajstić information content (AvgIpc) is 2.44. The second-order valence-corrected chi connectivity index (χ2v) is 4.20. The van der Waals surface area contributed by atoms with Gasteiger partial charge in [-0.05, 0) is 18.2 Å². The normalized spacial score (nSPS) is 11.2. The Bertz CT molecular complexity index is 899. The molecule has 0 aliphatic heterocycles. The summed E-state index contributed by atoms with van der Waals surface area (Å²) in [5, 5.41) is 9.31. The number of halogens is 2. The molecule has 0 aliphatic rings. The molecule has 6 heteroatoms.